The Hall–Kier alpha value is -4.51. The number of ether oxygens (including phenoxy) is 10. The maximum atomic E-state index is 14.1. The van der Waals surface area contributed by atoms with Gasteiger partial charge in [0.15, 0.2) is 24.6 Å². The quantitative estimate of drug-likeness (QED) is 0.0682. The van der Waals surface area contributed by atoms with Crippen molar-refractivity contribution in [1.82, 2.24) is 5.32 Å². The van der Waals surface area contributed by atoms with Gasteiger partial charge >= 0.3 is 35.8 Å². The van der Waals surface area contributed by atoms with Crippen molar-refractivity contribution in [2.45, 2.75) is 121 Å². The van der Waals surface area contributed by atoms with Crippen molar-refractivity contribution in [3.05, 3.63) is 35.9 Å². The minimum absolute atomic E-state index is 0.0768. The largest absolute Gasteiger partial charge is 0.465 e. The molecule has 2 aliphatic rings. The van der Waals surface area contributed by atoms with E-state index in [2.05, 4.69) is 5.32 Å². The third-order valence-electron chi connectivity index (χ3n) is 8.65. The molecular formula is C36H51NO19Si. The summed E-state index contributed by atoms with van der Waals surface area (Å²) in [5, 5.41) is 24.5. The number of carbonyl (C=O) groups excluding carboxylic acids is 7. The Morgan fingerprint density at radius 3 is 2.14 bits per heavy atom. The topological polar surface area (TPSA) is 264 Å². The molecule has 2 saturated heterocycles. The van der Waals surface area contributed by atoms with Crippen molar-refractivity contribution in [3.8, 4) is 0 Å². The summed E-state index contributed by atoms with van der Waals surface area (Å²) >= 11 is 0. The fraction of sp³-hybridized carbons (Fsp3) is 0.639. The van der Waals surface area contributed by atoms with Gasteiger partial charge in [0.25, 0.3) is 5.79 Å². The summed E-state index contributed by atoms with van der Waals surface area (Å²) in [6, 6.07) is 6.85. The van der Waals surface area contributed by atoms with Crippen LogP contribution in [0.4, 0.5) is 0 Å². The van der Waals surface area contributed by atoms with E-state index in [-0.39, 0.29) is 12.2 Å². The van der Waals surface area contributed by atoms with E-state index in [9.17, 15) is 43.8 Å². The molecule has 0 aliphatic carbocycles. The van der Waals surface area contributed by atoms with E-state index in [0.717, 1.165) is 41.7 Å². The molecule has 3 rings (SSSR count). The summed E-state index contributed by atoms with van der Waals surface area (Å²) in [5.41, 5.74) is 0.0768. The second-order valence-electron chi connectivity index (χ2n) is 13.2. The SMILES string of the molecule is COC(=O)C1(OC2C(O)C(CO)OC(OCC[SiH2]C)C2OC(=O)c2ccccc2)CC(OC(C)=O)C(NC(C)=O)C([C@H](OC(C)=O)[C@@H](COC(C)=O)OC(C)=O)O1. The monoisotopic (exact) mass is 829 g/mol. The molecule has 2 heterocycles. The van der Waals surface area contributed by atoms with E-state index < -0.39 is 138 Å². The number of esters is 6. The molecule has 11 atom stereocenters. The molecule has 0 saturated carbocycles. The minimum Gasteiger partial charge on any atom is -0.465 e. The van der Waals surface area contributed by atoms with Gasteiger partial charge in [-0.05, 0) is 18.2 Å². The van der Waals surface area contributed by atoms with Crippen LogP contribution in [0.3, 0.4) is 0 Å². The van der Waals surface area contributed by atoms with Crippen molar-refractivity contribution in [2.75, 3.05) is 26.9 Å². The Morgan fingerprint density at radius 2 is 1.60 bits per heavy atom. The van der Waals surface area contributed by atoms with Crippen LogP contribution >= 0.6 is 0 Å². The maximum absolute atomic E-state index is 14.1. The first-order valence-corrected chi connectivity index (χ1v) is 20.6. The third-order valence-corrected chi connectivity index (χ3v) is 9.65. The Labute approximate surface area is 330 Å². The zero-order valence-electron chi connectivity index (χ0n) is 32.7. The predicted molar refractivity (Wildman–Crippen MR) is 193 cm³/mol. The van der Waals surface area contributed by atoms with Crippen LogP contribution in [0.1, 0.15) is 51.4 Å². The number of hydrogen-bond donors (Lipinski definition) is 3. The Bertz CT molecular complexity index is 1560. The Balaban J connectivity index is 2.30. The van der Waals surface area contributed by atoms with E-state index in [1.807, 2.05) is 6.55 Å². The van der Waals surface area contributed by atoms with Crippen molar-refractivity contribution in [3.63, 3.8) is 0 Å². The van der Waals surface area contributed by atoms with Crippen molar-refractivity contribution >= 4 is 51.2 Å². The van der Waals surface area contributed by atoms with Crippen LogP contribution in [0.15, 0.2) is 30.3 Å². The highest BCUT2D eigenvalue weighted by molar-refractivity contribution is 6.33. The molecule has 3 N–H and O–H groups in total. The van der Waals surface area contributed by atoms with E-state index >= 15 is 0 Å². The zero-order chi connectivity index (χ0) is 42.4. The number of aliphatic hydroxyl groups is 2. The summed E-state index contributed by atoms with van der Waals surface area (Å²) in [7, 11) is 0.408. The highest BCUT2D eigenvalue weighted by Gasteiger charge is 2.62. The van der Waals surface area contributed by atoms with Crippen LogP contribution in [0, 0.1) is 0 Å². The average molecular weight is 830 g/mol. The summed E-state index contributed by atoms with van der Waals surface area (Å²) in [6.45, 7) is 5.75. The molecule has 0 radical (unpaired) electrons. The molecule has 57 heavy (non-hydrogen) atoms. The first-order valence-electron chi connectivity index (χ1n) is 18.1. The third kappa shape index (κ3) is 13.0. The van der Waals surface area contributed by atoms with Crippen LogP contribution < -0.4 is 5.32 Å². The zero-order valence-corrected chi connectivity index (χ0v) is 34.2. The van der Waals surface area contributed by atoms with Gasteiger partial charge in [-0.1, -0.05) is 24.7 Å². The number of methoxy groups -OCH3 is 1. The second-order valence-corrected chi connectivity index (χ2v) is 14.9. The molecule has 1 aromatic rings. The summed E-state index contributed by atoms with van der Waals surface area (Å²) in [4.78, 5) is 89.8. The second kappa shape index (κ2) is 21.9. The number of aliphatic hydroxyl groups excluding tert-OH is 2. The van der Waals surface area contributed by atoms with Crippen molar-refractivity contribution in [2.24, 2.45) is 0 Å². The molecule has 21 heteroatoms. The van der Waals surface area contributed by atoms with Crippen LogP contribution in [0.2, 0.25) is 12.6 Å². The normalized spacial score (nSPS) is 28.3. The first-order chi connectivity index (χ1) is 27.0. The summed E-state index contributed by atoms with van der Waals surface area (Å²) < 4.78 is 57.2. The van der Waals surface area contributed by atoms with Gasteiger partial charge in [-0.3, -0.25) is 24.0 Å². The molecule has 1 aromatic carbocycles. The molecule has 0 spiro atoms. The molecular weight excluding hydrogens is 778 g/mol. The highest BCUT2D eigenvalue weighted by Crippen LogP contribution is 2.40. The van der Waals surface area contributed by atoms with E-state index in [0.29, 0.717) is 6.04 Å². The lowest BCUT2D eigenvalue weighted by atomic mass is 9.87. The Kier molecular flexibility index (Phi) is 18.0. The van der Waals surface area contributed by atoms with Crippen molar-refractivity contribution in [1.29, 1.82) is 0 Å². The van der Waals surface area contributed by atoms with Gasteiger partial charge in [-0.15, -0.1) is 0 Å². The molecule has 0 aromatic heterocycles. The summed E-state index contributed by atoms with van der Waals surface area (Å²) in [6.07, 6.45) is -16.2. The molecule has 0 bridgehead atoms. The average Bonchev–Trinajstić information content (AvgIpc) is 3.15. The molecule has 20 nitrogen and oxygen atoms in total. The minimum atomic E-state index is -2.82. The fourth-order valence-electron chi connectivity index (χ4n) is 6.28. The van der Waals surface area contributed by atoms with Crippen LogP contribution in [-0.2, 0) is 76.1 Å². The van der Waals surface area contributed by atoms with Crippen LogP contribution in [0.5, 0.6) is 0 Å². The van der Waals surface area contributed by atoms with E-state index in [1.165, 1.54) is 12.1 Å². The van der Waals surface area contributed by atoms with Crippen molar-refractivity contribution < 1.29 is 91.1 Å². The number of hydrogen-bond acceptors (Lipinski definition) is 19. The van der Waals surface area contributed by atoms with Gasteiger partial charge in [-0.25, -0.2) is 9.59 Å². The number of rotatable bonds is 18. The van der Waals surface area contributed by atoms with Gasteiger partial charge in [0.2, 0.25) is 5.91 Å². The predicted octanol–water partition coefficient (Wildman–Crippen LogP) is -1.15. The number of nitrogens with one attached hydrogen (secondary N) is 1. The number of amides is 1. The molecule has 9 unspecified atom stereocenters. The molecule has 1 amide bonds. The lowest BCUT2D eigenvalue weighted by Gasteiger charge is -2.51. The number of carbonyl (C=O) groups is 7. The van der Waals surface area contributed by atoms with Gasteiger partial charge in [-0.2, -0.15) is 0 Å². The van der Waals surface area contributed by atoms with Gasteiger partial charge in [0.05, 0.1) is 31.7 Å². The highest BCUT2D eigenvalue weighted by atomic mass is 28.2. The van der Waals surface area contributed by atoms with Gasteiger partial charge < -0.3 is 62.9 Å². The molecule has 2 aliphatic heterocycles. The number of benzene rings is 1. The fourth-order valence-corrected chi connectivity index (χ4v) is 6.74. The lowest BCUT2D eigenvalue weighted by Crippen LogP contribution is -2.71. The van der Waals surface area contributed by atoms with E-state index in [1.54, 1.807) is 18.2 Å². The molecule has 2 fully saturated rings. The Morgan fingerprint density at radius 1 is 0.930 bits per heavy atom. The maximum Gasteiger partial charge on any atom is 0.366 e. The first kappa shape index (κ1) is 46.9. The lowest BCUT2D eigenvalue weighted by molar-refractivity contribution is -0.369. The van der Waals surface area contributed by atoms with Gasteiger partial charge in [0, 0.05) is 50.7 Å². The molecule has 318 valence electrons. The standard InChI is InChI=1S/C36H51NO19Si/c1-18(39)37-27-24(50-20(3)41)15-36(35(46)47-6,55-30(27)29(52-22(5)43)26(51-21(4)42)17-49-19(2)40)56-31-28(44)25(16-38)53-34(48-13-14-57-7)32(31)54-33(45)23-11-9-8-10-12-23/h8-12,24-32,34,38,44H,13-17,57H2,1-7H3,(H,37,39)/t24?,25?,26-,27?,28?,29-,30?,31?,32?,34?,36?/m1/s1. The van der Waals surface area contributed by atoms with Crippen LogP contribution in [0.25, 0.3) is 0 Å². The smallest absolute Gasteiger partial charge is 0.366 e. The summed E-state index contributed by atoms with van der Waals surface area (Å²) in [5.74, 6) is -9.51. The van der Waals surface area contributed by atoms with E-state index in [4.69, 9.17) is 47.4 Å². The van der Waals surface area contributed by atoms with Gasteiger partial charge in [0.1, 0.15) is 37.1 Å². The van der Waals surface area contributed by atoms with Crippen LogP contribution in [-0.4, -0.2) is 155 Å².